The summed E-state index contributed by atoms with van der Waals surface area (Å²) >= 11 is 0. The van der Waals surface area contributed by atoms with Crippen LogP contribution >= 0.6 is 0 Å². The van der Waals surface area contributed by atoms with Crippen LogP contribution in [0.3, 0.4) is 0 Å². The maximum Gasteiger partial charge on any atom is 0.290 e. The Kier molecular flexibility index (Phi) is 8.27. The molecule has 0 atom stereocenters. The van der Waals surface area contributed by atoms with Gasteiger partial charge in [-0.05, 0) is 43.7 Å². The van der Waals surface area contributed by atoms with Crippen LogP contribution in [0.2, 0.25) is 0 Å². The lowest BCUT2D eigenvalue weighted by atomic mass is 10.2. The van der Waals surface area contributed by atoms with Gasteiger partial charge in [-0.2, -0.15) is 0 Å². The van der Waals surface area contributed by atoms with Gasteiger partial charge in [0.05, 0.1) is 19.4 Å². The molecule has 170 valence electrons. The third kappa shape index (κ3) is 6.11. The molecule has 7 heteroatoms. The molecule has 0 radical (unpaired) electrons. The number of hydrogen-bond acceptors (Lipinski definition) is 4. The molecule has 0 unspecified atom stereocenters. The second kappa shape index (κ2) is 11.3. The lowest BCUT2D eigenvalue weighted by Crippen LogP contribution is -2.46. The molecule has 3 rings (SSSR count). The predicted molar refractivity (Wildman–Crippen MR) is 122 cm³/mol. The van der Waals surface area contributed by atoms with Gasteiger partial charge in [0, 0.05) is 38.1 Å². The minimum Gasteiger partial charge on any atom is -0.459 e. The fraction of sp³-hybridized carbons (Fsp3) is 0.360. The van der Waals surface area contributed by atoms with Gasteiger partial charge in [0.15, 0.2) is 5.76 Å². The van der Waals surface area contributed by atoms with Crippen molar-refractivity contribution in [2.24, 2.45) is 0 Å². The molecule has 0 saturated carbocycles. The Labute approximate surface area is 189 Å². The average Bonchev–Trinajstić information content (AvgIpc) is 3.47. The van der Waals surface area contributed by atoms with Crippen molar-refractivity contribution in [2.45, 2.75) is 33.0 Å². The highest BCUT2D eigenvalue weighted by Crippen LogP contribution is 2.14. The zero-order valence-electron chi connectivity index (χ0n) is 18.9. The van der Waals surface area contributed by atoms with Crippen LogP contribution in [0.1, 0.15) is 35.7 Å². The summed E-state index contributed by atoms with van der Waals surface area (Å²) in [5.74, 6) is -0.234. The zero-order valence-corrected chi connectivity index (χ0v) is 18.9. The predicted octanol–water partition coefficient (Wildman–Crippen LogP) is 3.66. The Bertz CT molecular complexity index is 980. The molecular formula is C25H31N3O4. The quantitative estimate of drug-likeness (QED) is 0.459. The molecule has 1 aromatic carbocycles. The van der Waals surface area contributed by atoms with Gasteiger partial charge in [0.1, 0.15) is 6.54 Å². The van der Waals surface area contributed by atoms with Crippen molar-refractivity contribution in [1.29, 1.82) is 0 Å². The Morgan fingerprint density at radius 1 is 1.06 bits per heavy atom. The highest BCUT2D eigenvalue weighted by Gasteiger charge is 2.25. The first-order valence-corrected chi connectivity index (χ1v) is 10.8. The van der Waals surface area contributed by atoms with E-state index < -0.39 is 0 Å². The van der Waals surface area contributed by atoms with Crippen LogP contribution in [-0.4, -0.2) is 59.0 Å². The summed E-state index contributed by atoms with van der Waals surface area (Å²) in [6.07, 6.45) is 3.47. The summed E-state index contributed by atoms with van der Waals surface area (Å²) < 4.78 is 12.5. The molecule has 32 heavy (non-hydrogen) atoms. The Morgan fingerprint density at radius 3 is 2.50 bits per heavy atom. The van der Waals surface area contributed by atoms with Crippen LogP contribution in [0.4, 0.5) is 0 Å². The number of ether oxygens (including phenoxy) is 1. The highest BCUT2D eigenvalue weighted by molar-refractivity contribution is 5.94. The molecule has 0 fully saturated rings. The van der Waals surface area contributed by atoms with Crippen LogP contribution in [-0.2, 0) is 22.6 Å². The van der Waals surface area contributed by atoms with Gasteiger partial charge >= 0.3 is 0 Å². The van der Waals surface area contributed by atoms with Crippen LogP contribution in [0.15, 0.2) is 71.5 Å². The van der Waals surface area contributed by atoms with Crippen molar-refractivity contribution >= 4 is 11.8 Å². The Morgan fingerprint density at radius 2 is 1.84 bits per heavy atom. The number of rotatable bonds is 11. The third-order valence-electron chi connectivity index (χ3n) is 5.31. The van der Waals surface area contributed by atoms with Gasteiger partial charge < -0.3 is 23.5 Å². The molecule has 2 heterocycles. The number of carbonyl (C=O) groups is 2. The number of aromatic nitrogens is 1. The normalized spacial score (nSPS) is 11.0. The fourth-order valence-electron chi connectivity index (χ4n) is 3.52. The summed E-state index contributed by atoms with van der Waals surface area (Å²) in [4.78, 5) is 29.4. The van der Waals surface area contributed by atoms with E-state index in [1.54, 1.807) is 24.1 Å². The van der Waals surface area contributed by atoms with Crippen molar-refractivity contribution in [3.05, 3.63) is 84.1 Å². The number of carbonyl (C=O) groups excluding carboxylic acids is 2. The number of hydrogen-bond donors (Lipinski definition) is 0. The molecular weight excluding hydrogens is 406 g/mol. The van der Waals surface area contributed by atoms with Crippen LogP contribution in [0.5, 0.6) is 0 Å². The van der Waals surface area contributed by atoms with Crippen molar-refractivity contribution < 1.29 is 18.7 Å². The first-order chi connectivity index (χ1) is 15.5. The van der Waals surface area contributed by atoms with Crippen molar-refractivity contribution in [3.8, 4) is 0 Å². The summed E-state index contributed by atoms with van der Waals surface area (Å²) in [6, 6.07) is 17.5. The van der Waals surface area contributed by atoms with Crippen molar-refractivity contribution in [2.75, 3.05) is 26.8 Å². The number of furan rings is 1. The van der Waals surface area contributed by atoms with E-state index in [-0.39, 0.29) is 30.2 Å². The summed E-state index contributed by atoms with van der Waals surface area (Å²) in [6.45, 7) is 5.76. The molecule has 7 nitrogen and oxygen atoms in total. The summed E-state index contributed by atoms with van der Waals surface area (Å²) in [5.41, 5.74) is 2.24. The van der Waals surface area contributed by atoms with Crippen LogP contribution in [0, 0.1) is 0 Å². The van der Waals surface area contributed by atoms with Gasteiger partial charge in [0.25, 0.3) is 5.91 Å². The SMILES string of the molecule is COCCN(CC(=O)N(Cc1cccn1Cc1ccccc1)C(C)C)C(=O)c1ccco1. The first kappa shape index (κ1) is 23.3. The van der Waals surface area contributed by atoms with E-state index in [1.807, 2.05) is 50.4 Å². The molecule has 0 aliphatic carbocycles. The van der Waals surface area contributed by atoms with Crippen LogP contribution in [0.25, 0.3) is 0 Å². The van der Waals surface area contributed by atoms with Crippen molar-refractivity contribution in [1.82, 2.24) is 14.4 Å². The highest BCUT2D eigenvalue weighted by atomic mass is 16.5. The molecule has 0 N–H and O–H groups in total. The maximum atomic E-state index is 13.3. The van der Waals surface area contributed by atoms with Gasteiger partial charge in [-0.3, -0.25) is 9.59 Å². The van der Waals surface area contributed by atoms with Crippen LogP contribution < -0.4 is 0 Å². The monoisotopic (exact) mass is 437 g/mol. The largest absolute Gasteiger partial charge is 0.459 e. The molecule has 0 spiro atoms. The van der Waals surface area contributed by atoms with E-state index in [9.17, 15) is 9.59 Å². The Balaban J connectivity index is 1.72. The molecule has 0 bridgehead atoms. The molecule has 2 amide bonds. The van der Waals surface area contributed by atoms with E-state index in [0.29, 0.717) is 19.7 Å². The fourth-order valence-corrected chi connectivity index (χ4v) is 3.52. The van der Waals surface area contributed by atoms with E-state index in [2.05, 4.69) is 16.7 Å². The summed E-state index contributed by atoms with van der Waals surface area (Å²) in [5, 5.41) is 0. The molecule has 2 aromatic heterocycles. The lowest BCUT2D eigenvalue weighted by molar-refractivity contribution is -0.134. The van der Waals surface area contributed by atoms with Crippen molar-refractivity contribution in [3.63, 3.8) is 0 Å². The minimum absolute atomic E-state index is 0.0226. The average molecular weight is 438 g/mol. The second-order valence-electron chi connectivity index (χ2n) is 7.93. The molecule has 0 aliphatic rings. The first-order valence-electron chi connectivity index (χ1n) is 10.8. The minimum atomic E-state index is -0.323. The van der Waals surface area contributed by atoms with Gasteiger partial charge in [-0.15, -0.1) is 0 Å². The number of nitrogens with zero attached hydrogens (tertiary/aromatic N) is 3. The lowest BCUT2D eigenvalue weighted by Gasteiger charge is -2.30. The maximum absolute atomic E-state index is 13.3. The standard InChI is InChI=1S/C25H31N3O4/c1-20(2)28(18-22-11-7-13-26(22)17-21-9-5-4-6-10-21)24(29)19-27(14-16-31-3)25(30)23-12-8-15-32-23/h4-13,15,20H,14,16-19H2,1-3H3. The van der Waals surface area contributed by atoms with E-state index >= 15 is 0 Å². The smallest absolute Gasteiger partial charge is 0.290 e. The topological polar surface area (TPSA) is 67.9 Å². The van der Waals surface area contributed by atoms with E-state index in [4.69, 9.17) is 9.15 Å². The van der Waals surface area contributed by atoms with Gasteiger partial charge in [-0.1, -0.05) is 30.3 Å². The zero-order chi connectivity index (χ0) is 22.9. The summed E-state index contributed by atoms with van der Waals surface area (Å²) in [7, 11) is 1.57. The van der Waals surface area contributed by atoms with Gasteiger partial charge in [-0.25, -0.2) is 0 Å². The van der Waals surface area contributed by atoms with Gasteiger partial charge in [0.2, 0.25) is 5.91 Å². The third-order valence-corrected chi connectivity index (χ3v) is 5.31. The molecule has 0 saturated heterocycles. The number of amides is 2. The number of benzene rings is 1. The molecule has 3 aromatic rings. The number of methoxy groups -OCH3 is 1. The molecule has 0 aliphatic heterocycles. The second-order valence-corrected chi connectivity index (χ2v) is 7.93. The van der Waals surface area contributed by atoms with E-state index in [1.165, 1.54) is 16.7 Å². The Hall–Kier alpha value is -3.32. The van der Waals surface area contributed by atoms with E-state index in [0.717, 1.165) is 12.2 Å².